The van der Waals surface area contributed by atoms with Crippen molar-refractivity contribution in [2.75, 3.05) is 14.1 Å². The van der Waals surface area contributed by atoms with E-state index in [0.29, 0.717) is 5.95 Å². The molecule has 1 aromatic heterocycles. The van der Waals surface area contributed by atoms with Gasteiger partial charge in [-0.2, -0.15) is 10.1 Å². The van der Waals surface area contributed by atoms with Gasteiger partial charge in [-0.15, -0.1) is 5.10 Å². The molecule has 0 radical (unpaired) electrons. The largest absolute Gasteiger partial charge is 0.366 e. The maximum absolute atomic E-state index is 4.12. The Morgan fingerprint density at radius 2 is 2.17 bits per heavy atom. The number of rotatable bonds is 1. The highest BCUT2D eigenvalue weighted by Crippen LogP contribution is 1.99. The number of aliphatic imine (C=N–C) groups is 1. The minimum absolute atomic E-state index is 0.392. The van der Waals surface area contributed by atoms with Crippen LogP contribution in [0.4, 0.5) is 5.95 Å². The normalized spacial score (nSPS) is 11.4. The monoisotopic (exact) mass is 165 g/mol. The molecule has 0 bridgehead atoms. The zero-order valence-electron chi connectivity index (χ0n) is 7.39. The van der Waals surface area contributed by atoms with Crippen molar-refractivity contribution in [2.24, 2.45) is 4.99 Å². The minimum Gasteiger partial charge on any atom is -0.366 e. The first-order valence-corrected chi connectivity index (χ1v) is 3.56. The van der Waals surface area contributed by atoms with Gasteiger partial charge in [0.25, 0.3) is 5.95 Å². The van der Waals surface area contributed by atoms with Crippen LogP contribution in [0.25, 0.3) is 0 Å². The van der Waals surface area contributed by atoms with Gasteiger partial charge < -0.3 is 4.90 Å². The first kappa shape index (κ1) is 8.58. The SMILES string of the molecule is C/C(=N/c1nccnn1)N(C)C. The highest BCUT2D eigenvalue weighted by Gasteiger charge is 1.95. The number of aromatic nitrogens is 3. The van der Waals surface area contributed by atoms with Gasteiger partial charge in [-0.1, -0.05) is 0 Å². The third-order valence-corrected chi connectivity index (χ3v) is 1.38. The third kappa shape index (κ3) is 2.26. The fourth-order valence-electron chi connectivity index (χ4n) is 0.537. The molecular formula is C7H11N5. The van der Waals surface area contributed by atoms with Crippen LogP contribution in [0.15, 0.2) is 17.4 Å². The molecule has 0 atom stereocenters. The average Bonchev–Trinajstić information content (AvgIpc) is 2.06. The molecule has 0 N–H and O–H groups in total. The van der Waals surface area contributed by atoms with E-state index in [9.17, 15) is 0 Å². The predicted molar refractivity (Wildman–Crippen MR) is 46.3 cm³/mol. The molecule has 1 rings (SSSR count). The summed E-state index contributed by atoms with van der Waals surface area (Å²) in [5, 5.41) is 7.38. The van der Waals surface area contributed by atoms with E-state index in [4.69, 9.17) is 0 Å². The zero-order valence-corrected chi connectivity index (χ0v) is 7.39. The van der Waals surface area contributed by atoms with Gasteiger partial charge in [0.05, 0.1) is 12.4 Å². The molecule has 0 aliphatic heterocycles. The van der Waals surface area contributed by atoms with Gasteiger partial charge in [0.1, 0.15) is 5.84 Å². The lowest BCUT2D eigenvalue weighted by Crippen LogP contribution is -2.18. The molecule has 0 saturated heterocycles. The molecule has 0 saturated carbocycles. The van der Waals surface area contributed by atoms with E-state index in [1.54, 1.807) is 6.20 Å². The smallest absolute Gasteiger partial charge is 0.270 e. The Morgan fingerprint density at radius 1 is 1.42 bits per heavy atom. The molecule has 0 amide bonds. The number of hydrogen-bond acceptors (Lipinski definition) is 4. The Bertz CT molecular complexity index is 266. The molecule has 0 aromatic carbocycles. The summed E-state index contributed by atoms with van der Waals surface area (Å²) in [6.45, 7) is 1.89. The molecule has 5 nitrogen and oxygen atoms in total. The van der Waals surface area contributed by atoms with Crippen LogP contribution in [-0.4, -0.2) is 40.0 Å². The van der Waals surface area contributed by atoms with Crippen molar-refractivity contribution in [3.63, 3.8) is 0 Å². The summed E-state index contributed by atoms with van der Waals surface area (Å²) in [6.07, 6.45) is 3.08. The molecule has 0 aliphatic rings. The fourth-order valence-corrected chi connectivity index (χ4v) is 0.537. The molecule has 12 heavy (non-hydrogen) atoms. The number of nitrogens with zero attached hydrogens (tertiary/aromatic N) is 5. The van der Waals surface area contributed by atoms with Gasteiger partial charge in [0.2, 0.25) is 0 Å². The maximum atomic E-state index is 4.12. The quantitative estimate of drug-likeness (QED) is 0.448. The van der Waals surface area contributed by atoms with Crippen LogP contribution in [0.3, 0.4) is 0 Å². The van der Waals surface area contributed by atoms with Crippen molar-refractivity contribution in [1.82, 2.24) is 20.1 Å². The highest BCUT2D eigenvalue weighted by molar-refractivity contribution is 5.80. The van der Waals surface area contributed by atoms with E-state index >= 15 is 0 Å². The minimum atomic E-state index is 0.392. The second kappa shape index (κ2) is 3.75. The van der Waals surface area contributed by atoms with Crippen molar-refractivity contribution in [3.8, 4) is 0 Å². The van der Waals surface area contributed by atoms with Gasteiger partial charge in [-0.25, -0.2) is 4.98 Å². The molecule has 1 heterocycles. The second-order valence-electron chi connectivity index (χ2n) is 2.50. The average molecular weight is 165 g/mol. The molecule has 0 spiro atoms. The summed E-state index contributed by atoms with van der Waals surface area (Å²) in [5.41, 5.74) is 0. The molecule has 1 aromatic rings. The maximum Gasteiger partial charge on any atom is 0.270 e. The van der Waals surface area contributed by atoms with Gasteiger partial charge in [-0.05, 0) is 6.92 Å². The van der Waals surface area contributed by atoms with E-state index in [0.717, 1.165) is 5.84 Å². The van der Waals surface area contributed by atoms with Crippen LogP contribution >= 0.6 is 0 Å². The Kier molecular flexibility index (Phi) is 2.68. The Morgan fingerprint density at radius 3 is 2.67 bits per heavy atom. The topological polar surface area (TPSA) is 54.3 Å². The van der Waals surface area contributed by atoms with Gasteiger partial charge in [-0.3, -0.25) is 0 Å². The zero-order chi connectivity index (χ0) is 8.97. The Balaban J connectivity index is 2.81. The van der Waals surface area contributed by atoms with Crippen molar-refractivity contribution in [3.05, 3.63) is 12.4 Å². The van der Waals surface area contributed by atoms with Gasteiger partial charge >= 0.3 is 0 Å². The first-order valence-electron chi connectivity index (χ1n) is 3.56. The summed E-state index contributed by atoms with van der Waals surface area (Å²) in [6, 6.07) is 0. The van der Waals surface area contributed by atoms with Crippen molar-refractivity contribution >= 4 is 11.8 Å². The van der Waals surface area contributed by atoms with Gasteiger partial charge in [0.15, 0.2) is 0 Å². The van der Waals surface area contributed by atoms with Gasteiger partial charge in [0, 0.05) is 14.1 Å². The van der Waals surface area contributed by atoms with E-state index in [2.05, 4.69) is 20.2 Å². The summed E-state index contributed by atoms with van der Waals surface area (Å²) < 4.78 is 0. The lowest BCUT2D eigenvalue weighted by atomic mass is 10.6. The molecule has 0 aliphatic carbocycles. The van der Waals surface area contributed by atoms with Crippen molar-refractivity contribution in [1.29, 1.82) is 0 Å². The standard InChI is InChI=1S/C7H11N5/c1-6(12(2)3)10-7-8-4-5-9-11-7/h4-5H,1-3H3/b10-6-. The Labute approximate surface area is 71.2 Å². The van der Waals surface area contributed by atoms with Crippen LogP contribution in [0, 0.1) is 0 Å². The van der Waals surface area contributed by atoms with Crippen LogP contribution in [-0.2, 0) is 0 Å². The summed E-state index contributed by atoms with van der Waals surface area (Å²) in [7, 11) is 3.82. The fraction of sp³-hybridized carbons (Fsp3) is 0.429. The lowest BCUT2D eigenvalue weighted by Gasteiger charge is -2.09. The molecule has 64 valence electrons. The van der Waals surface area contributed by atoms with E-state index < -0.39 is 0 Å². The number of hydrogen-bond donors (Lipinski definition) is 0. The van der Waals surface area contributed by atoms with Crippen LogP contribution in [0.2, 0.25) is 0 Å². The molecule has 0 unspecified atom stereocenters. The van der Waals surface area contributed by atoms with E-state index in [1.807, 2.05) is 25.9 Å². The lowest BCUT2D eigenvalue weighted by molar-refractivity contribution is 0.617. The van der Waals surface area contributed by atoms with Crippen LogP contribution < -0.4 is 0 Å². The highest BCUT2D eigenvalue weighted by atomic mass is 15.2. The van der Waals surface area contributed by atoms with Crippen LogP contribution in [0.1, 0.15) is 6.92 Å². The molecule has 0 fully saturated rings. The van der Waals surface area contributed by atoms with Crippen molar-refractivity contribution in [2.45, 2.75) is 6.92 Å². The summed E-state index contributed by atoms with van der Waals surface area (Å²) >= 11 is 0. The predicted octanol–water partition coefficient (Wildman–Crippen LogP) is 0.483. The van der Waals surface area contributed by atoms with E-state index in [1.165, 1.54) is 6.20 Å². The summed E-state index contributed by atoms with van der Waals surface area (Å²) in [5.74, 6) is 1.24. The van der Waals surface area contributed by atoms with Crippen molar-refractivity contribution < 1.29 is 0 Å². The van der Waals surface area contributed by atoms with E-state index in [-0.39, 0.29) is 0 Å². The first-order chi connectivity index (χ1) is 5.70. The second-order valence-corrected chi connectivity index (χ2v) is 2.50. The molecular weight excluding hydrogens is 154 g/mol. The Hall–Kier alpha value is -1.52. The summed E-state index contributed by atoms with van der Waals surface area (Å²) in [4.78, 5) is 9.92. The molecule has 5 heteroatoms. The third-order valence-electron chi connectivity index (χ3n) is 1.38. The number of amidine groups is 1. The van der Waals surface area contributed by atoms with Crippen LogP contribution in [0.5, 0.6) is 0 Å².